The van der Waals surface area contributed by atoms with E-state index in [1.54, 1.807) is 26.0 Å². The van der Waals surface area contributed by atoms with E-state index in [1.165, 1.54) is 22.0 Å². The fourth-order valence-electron chi connectivity index (χ4n) is 2.67. The Morgan fingerprint density at radius 2 is 1.44 bits per heavy atom. The van der Waals surface area contributed by atoms with Gasteiger partial charge >= 0.3 is 0 Å². The molecule has 0 saturated carbocycles. The Morgan fingerprint density at radius 1 is 0.889 bits per heavy atom. The normalized spacial score (nSPS) is 11.4. The standard InChI is InChI=1S/C20H27N3O3S/c1-4-16-7-9-17(10-8-16)21-15-20(24)22-18-11-13-19(14-12-18)27(25,26)23(5-2)6-3/h7-14,21H,4-6,15H2,1-3H3,(H,22,24). The molecule has 0 atom stereocenters. The SMILES string of the molecule is CCc1ccc(NCC(=O)Nc2ccc(S(=O)(=O)N(CC)CC)cc2)cc1. The lowest BCUT2D eigenvalue weighted by atomic mass is 10.1. The molecule has 1 amide bonds. The maximum Gasteiger partial charge on any atom is 0.243 e. The Bertz CT molecular complexity index is 843. The summed E-state index contributed by atoms with van der Waals surface area (Å²) in [6, 6.07) is 14.2. The molecule has 0 aromatic heterocycles. The van der Waals surface area contributed by atoms with Crippen LogP contribution < -0.4 is 10.6 Å². The lowest BCUT2D eigenvalue weighted by Crippen LogP contribution is -2.30. The third kappa shape index (κ3) is 5.55. The maximum absolute atomic E-state index is 12.5. The summed E-state index contributed by atoms with van der Waals surface area (Å²) in [6.45, 7) is 6.67. The fourth-order valence-corrected chi connectivity index (χ4v) is 4.13. The molecule has 0 radical (unpaired) electrons. The van der Waals surface area contributed by atoms with Gasteiger partial charge in [0.1, 0.15) is 0 Å². The largest absolute Gasteiger partial charge is 0.376 e. The van der Waals surface area contributed by atoms with E-state index in [4.69, 9.17) is 0 Å². The molecule has 6 nitrogen and oxygen atoms in total. The molecular weight excluding hydrogens is 362 g/mol. The van der Waals surface area contributed by atoms with Gasteiger partial charge in [-0.15, -0.1) is 0 Å². The Balaban J connectivity index is 1.94. The summed E-state index contributed by atoms with van der Waals surface area (Å²) in [5.41, 5.74) is 2.68. The van der Waals surface area contributed by atoms with Crippen molar-refractivity contribution < 1.29 is 13.2 Å². The summed E-state index contributed by atoms with van der Waals surface area (Å²) in [6.07, 6.45) is 0.973. The number of aryl methyl sites for hydroxylation is 1. The quantitative estimate of drug-likeness (QED) is 0.689. The van der Waals surface area contributed by atoms with Gasteiger partial charge in [0, 0.05) is 24.5 Å². The number of rotatable bonds is 9. The third-order valence-electron chi connectivity index (χ3n) is 4.30. The van der Waals surface area contributed by atoms with Crippen molar-refractivity contribution in [3.05, 3.63) is 54.1 Å². The second-order valence-corrected chi connectivity index (χ2v) is 8.00. The zero-order chi connectivity index (χ0) is 19.9. The van der Waals surface area contributed by atoms with E-state index in [-0.39, 0.29) is 17.3 Å². The number of hydrogen-bond donors (Lipinski definition) is 2. The summed E-state index contributed by atoms with van der Waals surface area (Å²) in [4.78, 5) is 12.3. The van der Waals surface area contributed by atoms with Crippen LogP contribution in [0, 0.1) is 0 Å². The van der Waals surface area contributed by atoms with Gasteiger partial charge in [-0.2, -0.15) is 4.31 Å². The highest BCUT2D eigenvalue weighted by molar-refractivity contribution is 7.89. The Labute approximate surface area is 161 Å². The summed E-state index contributed by atoms with van der Waals surface area (Å²) in [5, 5.41) is 5.83. The van der Waals surface area contributed by atoms with Crippen LogP contribution in [0.3, 0.4) is 0 Å². The molecule has 2 N–H and O–H groups in total. The van der Waals surface area contributed by atoms with Crippen LogP contribution in [0.15, 0.2) is 53.4 Å². The van der Waals surface area contributed by atoms with Crippen molar-refractivity contribution in [1.82, 2.24) is 4.31 Å². The molecule has 0 unspecified atom stereocenters. The average Bonchev–Trinajstić information content (AvgIpc) is 2.68. The van der Waals surface area contributed by atoms with Crippen LogP contribution in [0.4, 0.5) is 11.4 Å². The predicted molar refractivity (Wildman–Crippen MR) is 109 cm³/mol. The summed E-state index contributed by atoms with van der Waals surface area (Å²) < 4.78 is 26.3. The monoisotopic (exact) mass is 389 g/mol. The molecule has 0 bridgehead atoms. The minimum atomic E-state index is -3.49. The lowest BCUT2D eigenvalue weighted by Gasteiger charge is -2.18. The summed E-state index contributed by atoms with van der Waals surface area (Å²) >= 11 is 0. The Kier molecular flexibility index (Phi) is 7.38. The number of benzene rings is 2. The first-order valence-corrected chi connectivity index (χ1v) is 10.6. The van der Waals surface area contributed by atoms with Crippen molar-refractivity contribution in [2.45, 2.75) is 32.1 Å². The van der Waals surface area contributed by atoms with Crippen LogP contribution in [-0.4, -0.2) is 38.3 Å². The molecule has 27 heavy (non-hydrogen) atoms. The zero-order valence-electron chi connectivity index (χ0n) is 16.0. The first-order chi connectivity index (χ1) is 12.9. The van der Waals surface area contributed by atoms with E-state index in [9.17, 15) is 13.2 Å². The number of hydrogen-bond acceptors (Lipinski definition) is 4. The van der Waals surface area contributed by atoms with E-state index in [1.807, 2.05) is 24.3 Å². The van der Waals surface area contributed by atoms with Crippen molar-refractivity contribution in [2.75, 3.05) is 30.3 Å². The van der Waals surface area contributed by atoms with Crippen LogP contribution >= 0.6 is 0 Å². The van der Waals surface area contributed by atoms with Gasteiger partial charge in [0.15, 0.2) is 0 Å². The van der Waals surface area contributed by atoms with Gasteiger partial charge < -0.3 is 10.6 Å². The molecule has 0 heterocycles. The van der Waals surface area contributed by atoms with Crippen molar-refractivity contribution in [1.29, 1.82) is 0 Å². The van der Waals surface area contributed by atoms with Crippen molar-refractivity contribution >= 4 is 27.3 Å². The van der Waals surface area contributed by atoms with Crippen LogP contribution in [0.25, 0.3) is 0 Å². The highest BCUT2D eigenvalue weighted by atomic mass is 32.2. The number of anilines is 2. The first-order valence-electron chi connectivity index (χ1n) is 9.13. The van der Waals surface area contributed by atoms with Crippen molar-refractivity contribution in [3.8, 4) is 0 Å². The molecule has 2 rings (SSSR count). The third-order valence-corrected chi connectivity index (χ3v) is 6.36. The second kappa shape index (κ2) is 9.53. The van der Waals surface area contributed by atoms with Crippen molar-refractivity contribution in [3.63, 3.8) is 0 Å². The van der Waals surface area contributed by atoms with E-state index >= 15 is 0 Å². The van der Waals surface area contributed by atoms with Gasteiger partial charge in [-0.05, 0) is 48.4 Å². The number of nitrogens with zero attached hydrogens (tertiary/aromatic N) is 1. The lowest BCUT2D eigenvalue weighted by molar-refractivity contribution is -0.114. The number of sulfonamides is 1. The van der Waals surface area contributed by atoms with E-state index in [0.29, 0.717) is 18.8 Å². The fraction of sp³-hybridized carbons (Fsp3) is 0.350. The van der Waals surface area contributed by atoms with Gasteiger partial charge in [-0.1, -0.05) is 32.9 Å². The molecule has 0 saturated heterocycles. The van der Waals surface area contributed by atoms with Gasteiger partial charge in [-0.3, -0.25) is 4.79 Å². The van der Waals surface area contributed by atoms with Gasteiger partial charge in [0.05, 0.1) is 11.4 Å². The molecule has 0 aliphatic rings. The van der Waals surface area contributed by atoms with Gasteiger partial charge in [0.2, 0.25) is 15.9 Å². The molecular formula is C20H27N3O3S. The zero-order valence-corrected chi connectivity index (χ0v) is 16.8. The Hall–Kier alpha value is -2.38. The number of carbonyl (C=O) groups excluding carboxylic acids is 1. The van der Waals surface area contributed by atoms with Gasteiger partial charge in [0.25, 0.3) is 0 Å². The van der Waals surface area contributed by atoms with E-state index < -0.39 is 10.0 Å². The predicted octanol–water partition coefficient (Wildman–Crippen LogP) is 3.33. The first kappa shape index (κ1) is 20.9. The summed E-state index contributed by atoms with van der Waals surface area (Å²) in [7, 11) is -3.49. The smallest absolute Gasteiger partial charge is 0.243 e. The van der Waals surface area contributed by atoms with Gasteiger partial charge in [-0.25, -0.2) is 8.42 Å². The Morgan fingerprint density at radius 3 is 1.96 bits per heavy atom. The van der Waals surface area contributed by atoms with Crippen LogP contribution in [-0.2, 0) is 21.2 Å². The number of amides is 1. The number of nitrogens with one attached hydrogen (secondary N) is 2. The highest BCUT2D eigenvalue weighted by Crippen LogP contribution is 2.18. The van der Waals surface area contributed by atoms with Crippen molar-refractivity contribution in [2.24, 2.45) is 0 Å². The highest BCUT2D eigenvalue weighted by Gasteiger charge is 2.21. The summed E-state index contributed by atoms with van der Waals surface area (Å²) in [5.74, 6) is -0.200. The molecule has 0 aliphatic carbocycles. The van der Waals surface area contributed by atoms with Crippen LogP contribution in [0.2, 0.25) is 0 Å². The molecule has 0 spiro atoms. The van der Waals surface area contributed by atoms with E-state index in [0.717, 1.165) is 12.1 Å². The van der Waals surface area contributed by atoms with Crippen LogP contribution in [0.1, 0.15) is 26.3 Å². The molecule has 0 aliphatic heterocycles. The topological polar surface area (TPSA) is 78.5 Å². The van der Waals surface area contributed by atoms with Crippen LogP contribution in [0.5, 0.6) is 0 Å². The molecule has 2 aromatic carbocycles. The minimum absolute atomic E-state index is 0.130. The molecule has 2 aromatic rings. The maximum atomic E-state index is 12.5. The second-order valence-electron chi connectivity index (χ2n) is 6.07. The average molecular weight is 390 g/mol. The minimum Gasteiger partial charge on any atom is -0.376 e. The number of carbonyl (C=O) groups is 1. The molecule has 146 valence electrons. The van der Waals surface area contributed by atoms with E-state index in [2.05, 4.69) is 17.6 Å². The molecule has 0 fully saturated rings. The molecule has 7 heteroatoms.